The standard InChI is InChI=1S/C16H12O2.4C14H12.2C13H10O.21C2H6/c1-3-9-17-15-11-13-7-5-6-8-14(13)12-16(15)18-10-4-2;1-3-11-5-7-13-8-6-12(4-2)10-14(13)9-11;1-3-11-9-13-7-5-6-8-14(13)10-12(11)4-2;1-3-11-9-12(4-2)14-8-6-5-7-13(14)10-11;1-3-11-9-10-12-7-5-6-8-14(12)13(11)4-2;1-2-10-14-13-9-5-7-11-6-3-4-8-12(11)13;1-2-9-14-13-8-7-11-5-3-4-6-12(11)10-13;21*1-2/h1-2,5-8,11-12H,9-10H2;4*3-10H,1-2H2;1,3-9H,10H2;1,3-8,10H,9H2;21*1-2H3. The minimum Gasteiger partial charge on any atom is -0.481 e. The lowest BCUT2D eigenvalue weighted by Crippen LogP contribution is -2.00. The van der Waals surface area contributed by atoms with Crippen LogP contribution in [0, 0.1) is 49.4 Å². The van der Waals surface area contributed by atoms with Gasteiger partial charge in [-0.05, 0) is 181 Å². The van der Waals surface area contributed by atoms with Gasteiger partial charge in [0.25, 0.3) is 0 Å². The average Bonchev–Trinajstić information content (AvgIpc) is 0.889. The van der Waals surface area contributed by atoms with E-state index in [0.29, 0.717) is 24.7 Å². The van der Waals surface area contributed by atoms with Crippen LogP contribution in [0.25, 0.3) is 124 Å². The zero-order chi connectivity index (χ0) is 114. The lowest BCUT2D eigenvalue weighted by Gasteiger charge is -2.11. The fourth-order valence-electron chi connectivity index (χ4n) is 11.0. The number of fused-ring (bicyclic) bond motifs is 7. The van der Waals surface area contributed by atoms with Crippen LogP contribution in [-0.4, -0.2) is 26.4 Å². The van der Waals surface area contributed by atoms with Gasteiger partial charge in [-0.25, -0.2) is 0 Å². The highest BCUT2D eigenvalue weighted by Gasteiger charge is 2.09. The number of hydrogen-bond donors (Lipinski definition) is 0. The average molecular weight is 1950 g/mol. The lowest BCUT2D eigenvalue weighted by atomic mass is 9.99. The fraction of sp³-hybridized carbons (Fsp3) is 0.329. The smallest absolute Gasteiger partial charge is 0.163 e. The number of hydrogen-bond acceptors (Lipinski definition) is 4. The lowest BCUT2D eigenvalue weighted by molar-refractivity contribution is 0.315. The predicted molar refractivity (Wildman–Crippen MR) is 684 cm³/mol. The summed E-state index contributed by atoms with van der Waals surface area (Å²) in [6, 6.07) is 90.1. The molecule has 0 N–H and O–H groups in total. The third kappa shape index (κ3) is 68.4. The van der Waals surface area contributed by atoms with Gasteiger partial charge >= 0.3 is 0 Å². The Kier molecular flexibility index (Phi) is 145. The van der Waals surface area contributed by atoms with Crippen LogP contribution in [0.4, 0.5) is 0 Å². The molecule has 0 aromatic heterocycles. The van der Waals surface area contributed by atoms with Crippen molar-refractivity contribution in [3.05, 3.63) is 364 Å². The number of ether oxygens (including phenoxy) is 4. The Morgan fingerprint density at radius 2 is 0.444 bits per heavy atom. The summed E-state index contributed by atoms with van der Waals surface area (Å²) in [4.78, 5) is 0. The summed E-state index contributed by atoms with van der Waals surface area (Å²) in [5, 5.41) is 16.7. The van der Waals surface area contributed by atoms with E-state index in [1.54, 1.807) is 0 Å². The Morgan fingerprint density at radius 3 is 0.792 bits per heavy atom. The van der Waals surface area contributed by atoms with Crippen LogP contribution in [0.15, 0.2) is 320 Å². The van der Waals surface area contributed by atoms with Crippen LogP contribution in [0.5, 0.6) is 23.0 Å². The highest BCUT2D eigenvalue weighted by Crippen LogP contribution is 2.34. The minimum absolute atomic E-state index is 0.199. The quantitative estimate of drug-likeness (QED) is 0.0904. The van der Waals surface area contributed by atoms with Crippen molar-refractivity contribution < 1.29 is 18.9 Å². The summed E-state index contributed by atoms with van der Waals surface area (Å²) in [7, 11) is 0. The summed E-state index contributed by atoms with van der Waals surface area (Å²) >= 11 is 0. The summed E-state index contributed by atoms with van der Waals surface area (Å²) in [5.74, 6) is 12.7. The first kappa shape index (κ1) is 161. The summed E-state index contributed by atoms with van der Waals surface area (Å²) in [6.45, 7) is 115. The first-order chi connectivity index (χ1) is 71.0. The van der Waals surface area contributed by atoms with Gasteiger partial charge < -0.3 is 18.9 Å². The van der Waals surface area contributed by atoms with Crippen LogP contribution >= 0.6 is 0 Å². The molecule has 0 saturated heterocycles. The summed E-state index contributed by atoms with van der Waals surface area (Å²) < 4.78 is 21.7. The third-order valence-corrected chi connectivity index (χ3v) is 16.1. The van der Waals surface area contributed by atoms with Gasteiger partial charge in [-0.1, -0.05) is 616 Å². The Balaban J connectivity index is -0.000000107. The van der Waals surface area contributed by atoms with Gasteiger partial charge in [-0.15, -0.1) is 25.7 Å². The van der Waals surface area contributed by atoms with Crippen molar-refractivity contribution in [2.75, 3.05) is 26.4 Å². The molecule has 0 aliphatic carbocycles. The molecular formula is C140H206O4. The normalized spacial score (nSPS) is 7.82. The molecule has 0 aliphatic rings. The van der Waals surface area contributed by atoms with Crippen LogP contribution in [0.3, 0.4) is 0 Å². The zero-order valence-corrected chi connectivity index (χ0v) is 99.4. The van der Waals surface area contributed by atoms with Gasteiger partial charge in [-0.2, -0.15) is 0 Å². The SMILES string of the molecule is C#CCOc1cc2ccccc2cc1OCC#C.C#CCOc1ccc2ccccc2c1.C#CCOc1cccc2ccccc12.C=Cc1cc(C=C)c2ccccc2c1.C=Cc1cc2ccccc2cc1C=C.C=Cc1ccc2ccc(C=C)cc2c1.C=Cc1ccc2ccccc2c1C=C.CC.CC.CC.CC.CC.CC.CC.CC.CC.CC.CC.CC.CC.CC.CC.CC.CC.CC.CC.CC.CC. The van der Waals surface area contributed by atoms with Crippen molar-refractivity contribution in [1.29, 1.82) is 0 Å². The molecule has 0 spiro atoms. The second-order valence-electron chi connectivity index (χ2n) is 22.6. The molecule has 14 aromatic carbocycles. The van der Waals surface area contributed by atoms with E-state index in [0.717, 1.165) is 72.2 Å². The Morgan fingerprint density at radius 1 is 0.181 bits per heavy atom. The van der Waals surface area contributed by atoms with Gasteiger partial charge in [0.1, 0.15) is 37.9 Å². The highest BCUT2D eigenvalue weighted by atomic mass is 16.5. The predicted octanol–water partition coefficient (Wildman–Crippen LogP) is 46.6. The molecule has 0 amide bonds. The molecule has 0 fully saturated rings. The van der Waals surface area contributed by atoms with Crippen molar-refractivity contribution in [2.45, 2.75) is 291 Å². The molecule has 0 saturated carbocycles. The molecule has 0 radical (unpaired) electrons. The molecule has 0 heterocycles. The number of terminal acetylenes is 4. The third-order valence-electron chi connectivity index (χ3n) is 16.1. The Hall–Kier alpha value is -13.7. The number of rotatable bonds is 16. The van der Waals surface area contributed by atoms with Gasteiger partial charge in [-0.3, -0.25) is 0 Å². The van der Waals surface area contributed by atoms with Gasteiger partial charge in [0.15, 0.2) is 11.5 Å². The van der Waals surface area contributed by atoms with E-state index in [1.165, 1.54) is 59.2 Å². The van der Waals surface area contributed by atoms with Gasteiger partial charge in [0.05, 0.1) is 0 Å². The van der Waals surface area contributed by atoms with Crippen LogP contribution < -0.4 is 18.9 Å². The molecule has 790 valence electrons. The molecule has 144 heavy (non-hydrogen) atoms. The fourth-order valence-corrected chi connectivity index (χ4v) is 11.0. The van der Waals surface area contributed by atoms with Crippen LogP contribution in [0.2, 0.25) is 0 Å². The van der Waals surface area contributed by atoms with E-state index in [9.17, 15) is 0 Å². The van der Waals surface area contributed by atoms with Crippen molar-refractivity contribution in [3.8, 4) is 72.4 Å². The maximum Gasteiger partial charge on any atom is 0.163 e. The van der Waals surface area contributed by atoms with Crippen molar-refractivity contribution in [1.82, 2.24) is 0 Å². The van der Waals surface area contributed by atoms with E-state index in [1.807, 2.05) is 473 Å². The zero-order valence-electron chi connectivity index (χ0n) is 99.4. The largest absolute Gasteiger partial charge is 0.481 e. The van der Waals surface area contributed by atoms with Gasteiger partial charge in [0.2, 0.25) is 0 Å². The molecule has 4 nitrogen and oxygen atoms in total. The summed E-state index contributed by atoms with van der Waals surface area (Å²) in [5.41, 5.74) is 9.18. The first-order valence-electron chi connectivity index (χ1n) is 53.9. The summed E-state index contributed by atoms with van der Waals surface area (Å²) in [6.07, 6.45) is 35.6. The molecule has 0 bridgehead atoms. The maximum absolute atomic E-state index is 5.46. The van der Waals surface area contributed by atoms with E-state index in [2.05, 4.69) is 210 Å². The Bertz CT molecular complexity index is 5300. The molecule has 14 aromatic rings. The minimum atomic E-state index is 0.199. The van der Waals surface area contributed by atoms with E-state index >= 15 is 0 Å². The molecule has 14 rings (SSSR count). The Labute approximate surface area is 890 Å². The topological polar surface area (TPSA) is 36.9 Å². The monoisotopic (exact) mass is 1950 g/mol. The van der Waals surface area contributed by atoms with Crippen LogP contribution in [0.1, 0.15) is 335 Å². The van der Waals surface area contributed by atoms with E-state index < -0.39 is 0 Å². The van der Waals surface area contributed by atoms with Crippen molar-refractivity contribution in [2.24, 2.45) is 0 Å². The number of benzene rings is 14. The van der Waals surface area contributed by atoms with Crippen molar-refractivity contribution >= 4 is 124 Å². The van der Waals surface area contributed by atoms with E-state index in [-0.39, 0.29) is 13.2 Å². The highest BCUT2D eigenvalue weighted by molar-refractivity contribution is 5.95. The van der Waals surface area contributed by atoms with E-state index in [4.69, 9.17) is 44.6 Å². The van der Waals surface area contributed by atoms with Crippen LogP contribution in [-0.2, 0) is 0 Å². The molecule has 4 heteroatoms. The molecule has 0 atom stereocenters. The molecule has 0 unspecified atom stereocenters. The maximum atomic E-state index is 5.46. The second kappa shape index (κ2) is 129. The van der Waals surface area contributed by atoms with Crippen molar-refractivity contribution in [3.63, 3.8) is 0 Å². The molecular weight excluding hydrogens is 1750 g/mol. The van der Waals surface area contributed by atoms with Gasteiger partial charge in [0, 0.05) is 5.39 Å². The first-order valence-corrected chi connectivity index (χ1v) is 53.9. The second-order valence-corrected chi connectivity index (χ2v) is 22.6. The molecule has 0 aliphatic heterocycles.